The van der Waals surface area contributed by atoms with E-state index in [9.17, 15) is 22.8 Å². The number of anilines is 1. The SMILES string of the molecule is CCn1nnc2cc(C(=O)Nc3ccccc3C(=O)NCC(F)(F)F)ccc21. The molecule has 7 nitrogen and oxygen atoms in total. The first-order chi connectivity index (χ1) is 13.3. The molecule has 0 aliphatic rings. The van der Waals surface area contributed by atoms with Crippen LogP contribution < -0.4 is 10.6 Å². The monoisotopic (exact) mass is 391 g/mol. The summed E-state index contributed by atoms with van der Waals surface area (Å²) in [6.07, 6.45) is -4.53. The van der Waals surface area contributed by atoms with Gasteiger partial charge in [-0.2, -0.15) is 13.2 Å². The molecule has 28 heavy (non-hydrogen) atoms. The number of nitrogens with one attached hydrogen (secondary N) is 2. The van der Waals surface area contributed by atoms with Gasteiger partial charge in [-0.1, -0.05) is 17.3 Å². The number of benzene rings is 2. The van der Waals surface area contributed by atoms with Gasteiger partial charge in [-0.3, -0.25) is 9.59 Å². The number of para-hydroxylation sites is 1. The fourth-order valence-corrected chi connectivity index (χ4v) is 2.61. The molecule has 0 unspecified atom stereocenters. The molecule has 3 aromatic rings. The number of aryl methyl sites for hydroxylation is 1. The molecule has 0 saturated heterocycles. The van der Waals surface area contributed by atoms with E-state index in [1.807, 2.05) is 6.92 Å². The van der Waals surface area contributed by atoms with Gasteiger partial charge < -0.3 is 10.6 Å². The van der Waals surface area contributed by atoms with E-state index in [-0.39, 0.29) is 16.8 Å². The number of hydrogen-bond donors (Lipinski definition) is 2. The average molecular weight is 391 g/mol. The minimum absolute atomic E-state index is 0.0712. The van der Waals surface area contributed by atoms with Crippen molar-refractivity contribution in [3.05, 3.63) is 53.6 Å². The second-order valence-corrected chi connectivity index (χ2v) is 5.91. The van der Waals surface area contributed by atoms with Crippen LogP contribution >= 0.6 is 0 Å². The highest BCUT2D eigenvalue weighted by molar-refractivity contribution is 6.09. The molecule has 146 valence electrons. The van der Waals surface area contributed by atoms with Gasteiger partial charge in [-0.05, 0) is 37.3 Å². The molecular weight excluding hydrogens is 375 g/mol. The minimum Gasteiger partial charge on any atom is -0.343 e. The van der Waals surface area contributed by atoms with Gasteiger partial charge >= 0.3 is 6.18 Å². The fraction of sp³-hybridized carbons (Fsp3) is 0.222. The zero-order chi connectivity index (χ0) is 20.3. The second kappa shape index (κ2) is 7.67. The van der Waals surface area contributed by atoms with Crippen molar-refractivity contribution in [3.63, 3.8) is 0 Å². The van der Waals surface area contributed by atoms with Crippen molar-refractivity contribution < 1.29 is 22.8 Å². The Kier molecular flexibility index (Phi) is 5.30. The van der Waals surface area contributed by atoms with Gasteiger partial charge in [0, 0.05) is 12.1 Å². The van der Waals surface area contributed by atoms with Crippen LogP contribution in [0, 0.1) is 0 Å². The smallest absolute Gasteiger partial charge is 0.343 e. The van der Waals surface area contributed by atoms with Crippen LogP contribution in [0.2, 0.25) is 0 Å². The van der Waals surface area contributed by atoms with Crippen molar-refractivity contribution in [2.45, 2.75) is 19.6 Å². The zero-order valence-electron chi connectivity index (χ0n) is 14.7. The Morgan fingerprint density at radius 1 is 1.11 bits per heavy atom. The summed E-state index contributed by atoms with van der Waals surface area (Å²) in [6.45, 7) is 1.08. The second-order valence-electron chi connectivity index (χ2n) is 5.91. The molecule has 0 saturated carbocycles. The van der Waals surface area contributed by atoms with Crippen LogP contribution in [-0.2, 0) is 6.54 Å². The molecule has 10 heteroatoms. The van der Waals surface area contributed by atoms with Crippen molar-refractivity contribution >= 4 is 28.5 Å². The number of rotatable bonds is 5. The summed E-state index contributed by atoms with van der Waals surface area (Å²) >= 11 is 0. The first-order valence-corrected chi connectivity index (χ1v) is 8.37. The van der Waals surface area contributed by atoms with E-state index in [4.69, 9.17) is 0 Å². The van der Waals surface area contributed by atoms with Crippen molar-refractivity contribution in [2.24, 2.45) is 0 Å². The minimum atomic E-state index is -4.53. The molecule has 0 bridgehead atoms. The summed E-state index contributed by atoms with van der Waals surface area (Å²) in [5.74, 6) is -1.46. The molecule has 0 fully saturated rings. The summed E-state index contributed by atoms with van der Waals surface area (Å²) in [5.41, 5.74) is 1.61. The summed E-state index contributed by atoms with van der Waals surface area (Å²) in [4.78, 5) is 24.6. The number of alkyl halides is 3. The van der Waals surface area contributed by atoms with Crippen LogP contribution in [0.5, 0.6) is 0 Å². The van der Waals surface area contributed by atoms with E-state index in [2.05, 4.69) is 15.6 Å². The van der Waals surface area contributed by atoms with Crippen molar-refractivity contribution in [1.29, 1.82) is 0 Å². The van der Waals surface area contributed by atoms with Gasteiger partial charge in [0.05, 0.1) is 16.8 Å². The molecule has 0 spiro atoms. The summed E-state index contributed by atoms with van der Waals surface area (Å²) in [5, 5.41) is 12.3. The van der Waals surface area contributed by atoms with Crippen LogP contribution in [0.15, 0.2) is 42.5 Å². The molecular formula is C18H16F3N5O2. The predicted octanol–water partition coefficient (Wildman–Crippen LogP) is 3.00. The van der Waals surface area contributed by atoms with Gasteiger partial charge in [0.15, 0.2) is 0 Å². The first kappa shape index (κ1) is 19.3. The Bertz CT molecular complexity index is 1030. The lowest BCUT2D eigenvalue weighted by atomic mass is 10.1. The standard InChI is InChI=1S/C18H16F3N5O2/c1-2-26-15-8-7-11(9-14(15)24-25-26)16(27)23-13-6-4-3-5-12(13)17(28)22-10-18(19,20)21/h3-9H,2,10H2,1H3,(H,22,28)(H,23,27). The van der Waals surface area contributed by atoms with E-state index < -0.39 is 24.5 Å². The molecule has 3 rings (SSSR count). The maximum atomic E-state index is 12.5. The zero-order valence-corrected chi connectivity index (χ0v) is 14.7. The molecule has 0 aliphatic heterocycles. The number of aromatic nitrogens is 3. The number of halogens is 3. The van der Waals surface area contributed by atoms with Gasteiger partial charge in [-0.25, -0.2) is 4.68 Å². The lowest BCUT2D eigenvalue weighted by Gasteiger charge is -2.12. The van der Waals surface area contributed by atoms with E-state index in [1.165, 1.54) is 18.2 Å². The Morgan fingerprint density at radius 3 is 2.57 bits per heavy atom. The number of hydrogen-bond acceptors (Lipinski definition) is 4. The van der Waals surface area contributed by atoms with E-state index in [0.717, 1.165) is 5.52 Å². The molecule has 1 heterocycles. The number of carbonyl (C=O) groups excluding carboxylic acids is 2. The van der Waals surface area contributed by atoms with Crippen LogP contribution in [0.25, 0.3) is 11.0 Å². The maximum Gasteiger partial charge on any atom is 0.405 e. The summed E-state index contributed by atoms with van der Waals surface area (Å²) in [6, 6.07) is 10.7. The van der Waals surface area contributed by atoms with Gasteiger partial charge in [0.2, 0.25) is 0 Å². The number of nitrogens with zero attached hydrogens (tertiary/aromatic N) is 3. The first-order valence-electron chi connectivity index (χ1n) is 8.37. The van der Waals surface area contributed by atoms with Gasteiger partial charge in [-0.15, -0.1) is 5.10 Å². The highest BCUT2D eigenvalue weighted by Gasteiger charge is 2.28. The number of amides is 2. The third kappa shape index (κ3) is 4.27. The molecule has 0 radical (unpaired) electrons. The van der Waals surface area contributed by atoms with Crippen molar-refractivity contribution in [1.82, 2.24) is 20.3 Å². The van der Waals surface area contributed by atoms with Crippen molar-refractivity contribution in [2.75, 3.05) is 11.9 Å². The lowest BCUT2D eigenvalue weighted by Crippen LogP contribution is -2.34. The molecule has 1 aromatic heterocycles. The third-order valence-corrected chi connectivity index (χ3v) is 3.94. The molecule has 2 amide bonds. The Morgan fingerprint density at radius 2 is 1.86 bits per heavy atom. The highest BCUT2D eigenvalue weighted by atomic mass is 19.4. The Hall–Kier alpha value is -3.43. The topological polar surface area (TPSA) is 88.9 Å². The van der Waals surface area contributed by atoms with Crippen LogP contribution in [0.1, 0.15) is 27.6 Å². The van der Waals surface area contributed by atoms with Crippen LogP contribution in [-0.4, -0.2) is 39.5 Å². The number of carbonyl (C=O) groups is 2. The molecule has 0 aliphatic carbocycles. The maximum absolute atomic E-state index is 12.5. The Balaban J connectivity index is 1.80. The predicted molar refractivity (Wildman–Crippen MR) is 96.0 cm³/mol. The van der Waals surface area contributed by atoms with Crippen LogP contribution in [0.3, 0.4) is 0 Å². The van der Waals surface area contributed by atoms with E-state index >= 15 is 0 Å². The number of fused-ring (bicyclic) bond motifs is 1. The van der Waals surface area contributed by atoms with Gasteiger partial charge in [0.25, 0.3) is 11.8 Å². The quantitative estimate of drug-likeness (QED) is 0.700. The van der Waals surface area contributed by atoms with Crippen molar-refractivity contribution in [3.8, 4) is 0 Å². The molecule has 0 atom stereocenters. The van der Waals surface area contributed by atoms with E-state index in [1.54, 1.807) is 34.3 Å². The third-order valence-electron chi connectivity index (χ3n) is 3.94. The lowest BCUT2D eigenvalue weighted by molar-refractivity contribution is -0.123. The molecule has 2 aromatic carbocycles. The van der Waals surface area contributed by atoms with E-state index in [0.29, 0.717) is 12.1 Å². The normalized spacial score (nSPS) is 11.4. The van der Waals surface area contributed by atoms with Crippen LogP contribution in [0.4, 0.5) is 18.9 Å². The summed E-state index contributed by atoms with van der Waals surface area (Å²) in [7, 11) is 0. The highest BCUT2D eigenvalue weighted by Crippen LogP contribution is 2.19. The summed E-state index contributed by atoms with van der Waals surface area (Å²) < 4.78 is 38.6. The molecule has 2 N–H and O–H groups in total. The fourth-order valence-electron chi connectivity index (χ4n) is 2.61. The average Bonchev–Trinajstić information content (AvgIpc) is 3.08. The largest absolute Gasteiger partial charge is 0.405 e. The Labute approximate surface area is 157 Å². The van der Waals surface area contributed by atoms with Gasteiger partial charge in [0.1, 0.15) is 12.1 Å².